The van der Waals surface area contributed by atoms with Gasteiger partial charge in [-0.15, -0.1) is 0 Å². The molecule has 0 saturated carbocycles. The Morgan fingerprint density at radius 3 is 2.35 bits per heavy atom. The third kappa shape index (κ3) is 5.86. The summed E-state index contributed by atoms with van der Waals surface area (Å²) >= 11 is 1.28. The number of fused-ring (bicyclic) bond motifs is 1. The fourth-order valence-corrected chi connectivity index (χ4v) is 6.70. The lowest BCUT2D eigenvalue weighted by atomic mass is 9.98. The summed E-state index contributed by atoms with van der Waals surface area (Å²) in [4.78, 5) is 30.1. The van der Waals surface area contributed by atoms with Crippen molar-refractivity contribution in [1.82, 2.24) is 8.87 Å². The first-order chi connectivity index (χ1) is 17.8. The van der Waals surface area contributed by atoms with Crippen LogP contribution in [-0.4, -0.2) is 63.1 Å². The smallest absolute Gasteiger partial charge is 0.325 e. The number of rotatable bonds is 8. The third-order valence-electron chi connectivity index (χ3n) is 6.19. The first kappa shape index (κ1) is 26.8. The van der Waals surface area contributed by atoms with Crippen molar-refractivity contribution in [3.8, 4) is 11.5 Å². The van der Waals surface area contributed by atoms with E-state index in [2.05, 4.69) is 4.99 Å². The molecule has 0 spiro atoms. The summed E-state index contributed by atoms with van der Waals surface area (Å²) in [6.07, 6.45) is 0.711. The lowest BCUT2D eigenvalue weighted by Gasteiger charge is -2.29. The summed E-state index contributed by atoms with van der Waals surface area (Å²) in [6, 6.07) is 11.7. The predicted octanol–water partition coefficient (Wildman–Crippen LogP) is 2.81. The highest BCUT2D eigenvalue weighted by molar-refractivity contribution is 7.89. The van der Waals surface area contributed by atoms with E-state index in [1.165, 1.54) is 42.0 Å². The molecule has 1 aromatic heterocycles. The summed E-state index contributed by atoms with van der Waals surface area (Å²) in [6.45, 7) is 2.75. The number of benzene rings is 2. The molecule has 2 aromatic carbocycles. The molecule has 1 saturated heterocycles. The summed E-state index contributed by atoms with van der Waals surface area (Å²) in [7, 11) is -0.850. The number of esters is 1. The molecule has 198 valence electrons. The second-order valence-electron chi connectivity index (χ2n) is 8.41. The minimum Gasteiger partial charge on any atom is -0.497 e. The molecule has 10 nitrogen and oxygen atoms in total. The zero-order chi connectivity index (χ0) is 26.6. The molecule has 0 N–H and O–H groups in total. The molecule has 0 unspecified atom stereocenters. The third-order valence-corrected chi connectivity index (χ3v) is 9.14. The fourth-order valence-electron chi connectivity index (χ4n) is 4.17. The number of ether oxygens (including phenoxy) is 3. The van der Waals surface area contributed by atoms with Gasteiger partial charge in [-0.05, 0) is 62.2 Å². The molecular formula is C25H29N3O7S2. The topological polar surface area (TPSA) is 116 Å². The van der Waals surface area contributed by atoms with Crippen LogP contribution in [-0.2, 0) is 30.9 Å². The van der Waals surface area contributed by atoms with Gasteiger partial charge in [-0.2, -0.15) is 9.30 Å². The molecule has 1 aliphatic rings. The van der Waals surface area contributed by atoms with Gasteiger partial charge < -0.3 is 18.8 Å². The number of hydrogen-bond acceptors (Lipinski definition) is 8. The number of methoxy groups -OCH3 is 2. The van der Waals surface area contributed by atoms with Gasteiger partial charge >= 0.3 is 5.97 Å². The van der Waals surface area contributed by atoms with Gasteiger partial charge in [-0.25, -0.2) is 8.42 Å². The van der Waals surface area contributed by atoms with Gasteiger partial charge in [0.2, 0.25) is 10.0 Å². The minimum atomic E-state index is -3.67. The van der Waals surface area contributed by atoms with Crippen molar-refractivity contribution in [2.24, 2.45) is 10.9 Å². The number of carbonyl (C=O) groups excluding carboxylic acids is 2. The molecule has 2 heterocycles. The van der Waals surface area contributed by atoms with Crippen LogP contribution in [0.15, 0.2) is 52.4 Å². The molecular weight excluding hydrogens is 518 g/mol. The zero-order valence-electron chi connectivity index (χ0n) is 20.9. The number of hydrogen-bond donors (Lipinski definition) is 0. The fraction of sp³-hybridized carbons (Fsp3) is 0.400. The standard InChI is InChI=1S/C25H29N3O7S2/c1-4-35-19-7-10-21-22(15-19)36-25(28(21)16-23(29)34-3)26-24(30)17-11-13-27(14-12-17)37(31,32)20-8-5-18(33-2)6-9-20/h5-10,15,17H,4,11-14,16H2,1-3H3. The molecule has 0 atom stereocenters. The molecule has 37 heavy (non-hydrogen) atoms. The van der Waals surface area contributed by atoms with E-state index in [1.54, 1.807) is 22.8 Å². The highest BCUT2D eigenvalue weighted by Crippen LogP contribution is 2.27. The number of carbonyl (C=O) groups is 2. The average Bonchev–Trinajstić information content (AvgIpc) is 3.24. The Kier molecular flexibility index (Phi) is 8.30. The van der Waals surface area contributed by atoms with Crippen LogP contribution in [0.4, 0.5) is 0 Å². The van der Waals surface area contributed by atoms with Crippen LogP contribution in [0.3, 0.4) is 0 Å². The van der Waals surface area contributed by atoms with Crippen LogP contribution in [0.1, 0.15) is 19.8 Å². The van der Waals surface area contributed by atoms with E-state index >= 15 is 0 Å². The molecule has 3 aromatic rings. The van der Waals surface area contributed by atoms with E-state index in [4.69, 9.17) is 14.2 Å². The summed E-state index contributed by atoms with van der Waals surface area (Å²) in [5.74, 6) is 0.0452. The van der Waals surface area contributed by atoms with E-state index in [-0.39, 0.29) is 30.4 Å². The largest absolute Gasteiger partial charge is 0.497 e. The van der Waals surface area contributed by atoms with Crippen molar-refractivity contribution in [3.63, 3.8) is 0 Å². The van der Waals surface area contributed by atoms with Crippen molar-refractivity contribution < 1.29 is 32.2 Å². The van der Waals surface area contributed by atoms with Crippen LogP contribution >= 0.6 is 11.3 Å². The lowest BCUT2D eigenvalue weighted by Crippen LogP contribution is -2.40. The van der Waals surface area contributed by atoms with Crippen LogP contribution < -0.4 is 14.3 Å². The highest BCUT2D eigenvalue weighted by Gasteiger charge is 2.32. The van der Waals surface area contributed by atoms with Crippen LogP contribution in [0.2, 0.25) is 0 Å². The van der Waals surface area contributed by atoms with Gasteiger partial charge in [0.05, 0.1) is 35.9 Å². The van der Waals surface area contributed by atoms with Gasteiger partial charge in [-0.3, -0.25) is 9.59 Å². The summed E-state index contributed by atoms with van der Waals surface area (Å²) < 4.78 is 45.4. The molecule has 4 rings (SSSR count). The summed E-state index contributed by atoms with van der Waals surface area (Å²) in [5, 5.41) is 0. The molecule has 0 bridgehead atoms. The number of piperidine rings is 1. The van der Waals surface area contributed by atoms with Gasteiger partial charge in [0.15, 0.2) is 4.80 Å². The second-order valence-corrected chi connectivity index (χ2v) is 11.4. The Hall–Kier alpha value is -3.22. The van der Waals surface area contributed by atoms with Gasteiger partial charge in [0.1, 0.15) is 18.0 Å². The Morgan fingerprint density at radius 1 is 1.05 bits per heavy atom. The van der Waals surface area contributed by atoms with E-state index in [9.17, 15) is 18.0 Å². The number of amides is 1. The van der Waals surface area contributed by atoms with Crippen LogP contribution in [0.25, 0.3) is 10.2 Å². The zero-order valence-corrected chi connectivity index (χ0v) is 22.5. The predicted molar refractivity (Wildman–Crippen MR) is 138 cm³/mol. The van der Waals surface area contributed by atoms with Gasteiger partial charge in [-0.1, -0.05) is 11.3 Å². The number of nitrogens with zero attached hydrogens (tertiary/aromatic N) is 3. The van der Waals surface area contributed by atoms with Crippen molar-refractivity contribution >= 4 is 43.5 Å². The van der Waals surface area contributed by atoms with Crippen molar-refractivity contribution in [3.05, 3.63) is 47.3 Å². The number of thiazole rings is 1. The number of sulfonamides is 1. The van der Waals surface area contributed by atoms with E-state index in [0.717, 1.165) is 10.2 Å². The van der Waals surface area contributed by atoms with Gasteiger partial charge in [0, 0.05) is 19.0 Å². The monoisotopic (exact) mass is 547 g/mol. The SMILES string of the molecule is CCOc1ccc2c(c1)sc(=NC(=O)C1CCN(S(=O)(=O)c3ccc(OC)cc3)CC1)n2CC(=O)OC. The minimum absolute atomic E-state index is 0.0882. The van der Waals surface area contributed by atoms with Crippen LogP contribution in [0, 0.1) is 5.92 Å². The van der Waals surface area contributed by atoms with Crippen molar-refractivity contribution in [2.75, 3.05) is 33.9 Å². The first-order valence-electron chi connectivity index (χ1n) is 11.8. The van der Waals surface area contributed by atoms with E-state index in [1.807, 2.05) is 19.1 Å². The quantitative estimate of drug-likeness (QED) is 0.398. The van der Waals surface area contributed by atoms with Crippen molar-refractivity contribution in [1.29, 1.82) is 0 Å². The molecule has 0 aliphatic carbocycles. The van der Waals surface area contributed by atoms with E-state index < -0.39 is 21.9 Å². The molecule has 1 aliphatic heterocycles. The maximum atomic E-state index is 13.1. The van der Waals surface area contributed by atoms with E-state index in [0.29, 0.717) is 35.7 Å². The maximum absolute atomic E-state index is 13.1. The first-order valence-corrected chi connectivity index (χ1v) is 14.1. The van der Waals surface area contributed by atoms with Crippen LogP contribution in [0.5, 0.6) is 11.5 Å². The van der Waals surface area contributed by atoms with Gasteiger partial charge in [0.25, 0.3) is 5.91 Å². The Bertz CT molecular complexity index is 1450. The van der Waals surface area contributed by atoms with Crippen molar-refractivity contribution in [2.45, 2.75) is 31.2 Å². The normalized spacial score (nSPS) is 15.6. The maximum Gasteiger partial charge on any atom is 0.325 e. The molecule has 12 heteroatoms. The average molecular weight is 548 g/mol. The Morgan fingerprint density at radius 2 is 1.73 bits per heavy atom. The Labute approximate surface area is 219 Å². The molecule has 1 amide bonds. The Balaban J connectivity index is 1.54. The highest BCUT2D eigenvalue weighted by atomic mass is 32.2. The molecule has 1 fully saturated rings. The summed E-state index contributed by atoms with van der Waals surface area (Å²) in [5.41, 5.74) is 0.741. The molecule has 0 radical (unpaired) electrons. The lowest BCUT2D eigenvalue weighted by molar-refractivity contribution is -0.141. The number of aromatic nitrogens is 1. The second kappa shape index (κ2) is 11.4.